The van der Waals surface area contributed by atoms with Crippen LogP contribution in [-0.4, -0.2) is 63.2 Å². The second kappa shape index (κ2) is 9.71. The van der Waals surface area contributed by atoms with Crippen molar-refractivity contribution in [3.8, 4) is 17.3 Å². The van der Waals surface area contributed by atoms with E-state index in [0.29, 0.717) is 46.0 Å². The maximum atomic E-state index is 16.8. The minimum Gasteiger partial charge on any atom is -0.461 e. The number of nitrogens with zero attached hydrogens (tertiary/aromatic N) is 6. The Bertz CT molecular complexity index is 1710. The molecule has 3 aromatic heterocycles. The van der Waals surface area contributed by atoms with Gasteiger partial charge in [-0.15, -0.1) is 0 Å². The molecule has 2 bridgehead atoms. The molecule has 4 fully saturated rings. The van der Waals surface area contributed by atoms with Crippen LogP contribution in [0, 0.1) is 37.4 Å². The van der Waals surface area contributed by atoms with Crippen LogP contribution in [0.2, 0.25) is 0 Å². The number of rotatable bonds is 5. The van der Waals surface area contributed by atoms with Gasteiger partial charge in [0, 0.05) is 31.4 Å². The molecule has 4 aromatic rings. The summed E-state index contributed by atoms with van der Waals surface area (Å²) in [5.74, 6) is 2.23. The second-order valence-electron chi connectivity index (χ2n) is 13.4. The number of nitrogen functional groups attached to an aromatic ring is 1. The second-order valence-corrected chi connectivity index (χ2v) is 14.5. The Labute approximate surface area is 249 Å². The van der Waals surface area contributed by atoms with Gasteiger partial charge in [0.1, 0.15) is 23.6 Å². The van der Waals surface area contributed by atoms with E-state index < -0.39 is 5.82 Å². The predicted octanol–water partition coefficient (Wildman–Crippen LogP) is 6.13. The lowest BCUT2D eigenvalue weighted by molar-refractivity contribution is 0.107. The fourth-order valence-corrected chi connectivity index (χ4v) is 9.34. The summed E-state index contributed by atoms with van der Waals surface area (Å²) in [5.41, 5.74) is 9.97. The smallest absolute Gasteiger partial charge is 0.319 e. The Balaban J connectivity index is 1.26. The van der Waals surface area contributed by atoms with Crippen molar-refractivity contribution in [1.29, 1.82) is 0 Å². The third-order valence-electron chi connectivity index (χ3n) is 10.5. The zero-order chi connectivity index (χ0) is 28.7. The number of aromatic nitrogens is 4. The van der Waals surface area contributed by atoms with Crippen molar-refractivity contribution in [2.75, 3.05) is 43.4 Å². The van der Waals surface area contributed by atoms with E-state index in [1.165, 1.54) is 37.0 Å². The molecular formula is C32H38FN7OS. The van der Waals surface area contributed by atoms with Crippen molar-refractivity contribution < 1.29 is 9.13 Å². The molecule has 1 aliphatic carbocycles. The fraction of sp³-hybridized carbons (Fsp3) is 0.562. The quantitative estimate of drug-likeness (QED) is 0.298. The molecule has 1 aromatic carbocycles. The zero-order valence-corrected chi connectivity index (χ0v) is 25.4. The van der Waals surface area contributed by atoms with Gasteiger partial charge in [-0.05, 0) is 93.9 Å². The van der Waals surface area contributed by atoms with E-state index in [9.17, 15) is 0 Å². The monoisotopic (exact) mass is 587 g/mol. The number of pyridine rings is 1. The Morgan fingerprint density at radius 3 is 2.74 bits per heavy atom. The molecule has 0 radical (unpaired) electrons. The number of nitrogens with two attached hydrogens (primary N) is 1. The van der Waals surface area contributed by atoms with Crippen molar-refractivity contribution in [3.05, 3.63) is 29.2 Å². The number of hydrogen-bond acceptors (Lipinski definition) is 9. The van der Waals surface area contributed by atoms with Crippen LogP contribution in [0.25, 0.3) is 32.4 Å². The van der Waals surface area contributed by atoms with Gasteiger partial charge in [-0.1, -0.05) is 18.3 Å². The minimum absolute atomic E-state index is 0.0267. The number of benzene rings is 1. The molecule has 10 heteroatoms. The van der Waals surface area contributed by atoms with Gasteiger partial charge in [-0.3, -0.25) is 9.88 Å². The first-order valence-corrected chi connectivity index (χ1v) is 16.3. The third-order valence-corrected chi connectivity index (χ3v) is 11.3. The molecule has 2 unspecified atom stereocenters. The highest BCUT2D eigenvalue weighted by atomic mass is 32.1. The SMILES string of the molecule is Cc1cc2sc(N)nc2c(-c2ncc3c(N4CC5CCC(C5)C4)nc(OC[C@@]45CCCN4C[C@H](C)C5)nc3c2F)c1C. The molecule has 4 aliphatic rings. The summed E-state index contributed by atoms with van der Waals surface area (Å²) in [4.78, 5) is 24.0. The molecule has 6 heterocycles. The van der Waals surface area contributed by atoms with Gasteiger partial charge in [0.25, 0.3) is 0 Å². The topological polar surface area (TPSA) is 93.3 Å². The van der Waals surface area contributed by atoms with E-state index in [4.69, 9.17) is 25.4 Å². The van der Waals surface area contributed by atoms with Crippen LogP contribution in [0.1, 0.15) is 56.6 Å². The van der Waals surface area contributed by atoms with Crippen LogP contribution in [0.3, 0.4) is 0 Å². The van der Waals surface area contributed by atoms with Crippen LogP contribution >= 0.6 is 11.3 Å². The van der Waals surface area contributed by atoms with Crippen LogP contribution in [0.4, 0.5) is 15.3 Å². The van der Waals surface area contributed by atoms with Crippen molar-refractivity contribution in [2.24, 2.45) is 17.8 Å². The van der Waals surface area contributed by atoms with Gasteiger partial charge in [-0.25, -0.2) is 9.37 Å². The van der Waals surface area contributed by atoms with Gasteiger partial charge >= 0.3 is 6.01 Å². The first-order chi connectivity index (χ1) is 20.3. The summed E-state index contributed by atoms with van der Waals surface area (Å²) < 4.78 is 24.2. The Kier molecular flexibility index (Phi) is 6.13. The van der Waals surface area contributed by atoms with Crippen LogP contribution < -0.4 is 15.4 Å². The number of ether oxygens (including phenoxy) is 1. The van der Waals surface area contributed by atoms with Gasteiger partial charge in [0.05, 0.1) is 21.1 Å². The van der Waals surface area contributed by atoms with Crippen molar-refractivity contribution in [3.63, 3.8) is 0 Å². The lowest BCUT2D eigenvalue weighted by atomic mass is 9.92. The Morgan fingerprint density at radius 2 is 1.93 bits per heavy atom. The Morgan fingerprint density at radius 1 is 1.12 bits per heavy atom. The summed E-state index contributed by atoms with van der Waals surface area (Å²) in [7, 11) is 0. The molecule has 2 N–H and O–H groups in total. The number of hydrogen-bond donors (Lipinski definition) is 1. The van der Waals surface area contributed by atoms with Crippen LogP contribution in [-0.2, 0) is 0 Å². The first-order valence-electron chi connectivity index (χ1n) is 15.4. The maximum Gasteiger partial charge on any atom is 0.319 e. The van der Waals surface area contributed by atoms with E-state index in [1.807, 2.05) is 13.8 Å². The first kappa shape index (κ1) is 26.5. The third kappa shape index (κ3) is 4.16. The molecule has 3 saturated heterocycles. The number of piperidine rings is 1. The number of fused-ring (bicyclic) bond motifs is 5. The molecule has 220 valence electrons. The lowest BCUT2D eigenvalue weighted by Crippen LogP contribution is -2.43. The number of aryl methyl sites for hydroxylation is 1. The van der Waals surface area contributed by atoms with Crippen LogP contribution in [0.5, 0.6) is 6.01 Å². The molecule has 8 nitrogen and oxygen atoms in total. The van der Waals surface area contributed by atoms with Crippen LogP contribution in [0.15, 0.2) is 12.3 Å². The molecule has 3 aliphatic heterocycles. The minimum atomic E-state index is -0.460. The lowest BCUT2D eigenvalue weighted by Gasteiger charge is -2.34. The number of anilines is 2. The standard InChI is InChI=1S/C32H38FN7OS/c1-17-11-32(7-4-8-40(32)13-17)16-41-31-37-26-22(29(38-31)39-14-20-5-6-21(10-20)15-39)12-35-28(25(26)33)24-19(3)18(2)9-23-27(24)36-30(34)42-23/h9,12,17,20-21H,4-8,10-11,13-16H2,1-3H3,(H2,34,36)/t17-,20?,21?,32+/m1/s1. The molecule has 1 saturated carbocycles. The van der Waals surface area contributed by atoms with Crippen molar-refractivity contribution in [1.82, 2.24) is 24.8 Å². The molecule has 0 amide bonds. The zero-order valence-electron chi connectivity index (χ0n) is 24.6. The highest BCUT2D eigenvalue weighted by Crippen LogP contribution is 2.44. The van der Waals surface area contributed by atoms with E-state index in [2.05, 4.69) is 27.8 Å². The number of thiazole rings is 1. The summed E-state index contributed by atoms with van der Waals surface area (Å²) in [6, 6.07) is 2.32. The molecule has 4 atom stereocenters. The normalized spacial score (nSPS) is 27.4. The molecule has 42 heavy (non-hydrogen) atoms. The Hall–Kier alpha value is -3.11. The summed E-state index contributed by atoms with van der Waals surface area (Å²) in [5, 5.41) is 1.10. The highest BCUT2D eigenvalue weighted by Gasteiger charge is 2.48. The van der Waals surface area contributed by atoms with Gasteiger partial charge in [0.15, 0.2) is 10.9 Å². The van der Waals surface area contributed by atoms with E-state index in [0.717, 1.165) is 60.7 Å². The van der Waals surface area contributed by atoms with Gasteiger partial charge < -0.3 is 15.4 Å². The van der Waals surface area contributed by atoms with E-state index >= 15 is 4.39 Å². The summed E-state index contributed by atoms with van der Waals surface area (Å²) in [6.45, 7) is 10.9. The molecule has 8 rings (SSSR count). The largest absolute Gasteiger partial charge is 0.461 e. The average Bonchev–Trinajstić information content (AvgIpc) is 3.70. The molecular weight excluding hydrogens is 549 g/mol. The summed E-state index contributed by atoms with van der Waals surface area (Å²) in [6.07, 6.45) is 8.95. The maximum absolute atomic E-state index is 16.8. The average molecular weight is 588 g/mol. The number of halogens is 1. The van der Waals surface area contributed by atoms with Gasteiger partial charge in [0.2, 0.25) is 0 Å². The van der Waals surface area contributed by atoms with Crippen molar-refractivity contribution in [2.45, 2.75) is 64.8 Å². The predicted molar refractivity (Wildman–Crippen MR) is 166 cm³/mol. The molecule has 0 spiro atoms. The van der Waals surface area contributed by atoms with E-state index in [-0.39, 0.29) is 22.8 Å². The summed E-state index contributed by atoms with van der Waals surface area (Å²) >= 11 is 1.41. The van der Waals surface area contributed by atoms with Gasteiger partial charge in [-0.2, -0.15) is 9.97 Å². The van der Waals surface area contributed by atoms with Crippen molar-refractivity contribution >= 4 is 43.4 Å². The highest BCUT2D eigenvalue weighted by molar-refractivity contribution is 7.22. The fourth-order valence-electron chi connectivity index (χ4n) is 8.50. The van der Waals surface area contributed by atoms with E-state index in [1.54, 1.807) is 6.20 Å².